The Kier molecular flexibility index (Phi) is 5.34. The van der Waals surface area contributed by atoms with Gasteiger partial charge in [-0.25, -0.2) is 0 Å². The number of hydrogen-bond donors (Lipinski definition) is 1. The van der Waals surface area contributed by atoms with E-state index in [1.807, 2.05) is 0 Å². The van der Waals surface area contributed by atoms with Crippen molar-refractivity contribution in [3.05, 3.63) is 0 Å². The summed E-state index contributed by atoms with van der Waals surface area (Å²) >= 11 is 2.14. The number of rotatable bonds is 2. The Hall–Kier alpha value is 0.690. The van der Waals surface area contributed by atoms with Gasteiger partial charge in [0, 0.05) is 29.4 Å². The summed E-state index contributed by atoms with van der Waals surface area (Å²) in [6.45, 7) is 3.27. The molecule has 0 aromatic heterocycles. The van der Waals surface area contributed by atoms with Gasteiger partial charge in [-0.2, -0.15) is 0 Å². The van der Waals surface area contributed by atoms with Crippen LogP contribution in [0, 0.1) is 0 Å². The van der Waals surface area contributed by atoms with Crippen LogP contribution < -0.4 is 3.53 Å². The van der Waals surface area contributed by atoms with Gasteiger partial charge in [0.2, 0.25) is 0 Å². The highest BCUT2D eigenvalue weighted by molar-refractivity contribution is 14.1. The standard InChI is InChI=1S/C3H8IN/c1-2-3-5-4/h5H,2-3H2,1H3. The van der Waals surface area contributed by atoms with Crippen molar-refractivity contribution >= 4 is 22.9 Å². The molecule has 0 atom stereocenters. The highest BCUT2D eigenvalue weighted by Gasteiger charge is 1.66. The normalized spacial score (nSPS) is 8.40. The summed E-state index contributed by atoms with van der Waals surface area (Å²) in [5.74, 6) is 0. The topological polar surface area (TPSA) is 12.0 Å². The Morgan fingerprint density at radius 1 is 1.80 bits per heavy atom. The third kappa shape index (κ3) is 4.69. The van der Waals surface area contributed by atoms with Gasteiger partial charge in [0.05, 0.1) is 0 Å². The molecule has 32 valence electrons. The number of halogens is 1. The second-order valence-electron chi connectivity index (χ2n) is 0.884. The highest BCUT2D eigenvalue weighted by Crippen LogP contribution is 1.71. The lowest BCUT2D eigenvalue weighted by Crippen LogP contribution is -1.95. The molecule has 0 bridgehead atoms. The molecule has 0 aromatic rings. The summed E-state index contributed by atoms with van der Waals surface area (Å²) in [5.41, 5.74) is 0. The van der Waals surface area contributed by atoms with Gasteiger partial charge in [0.15, 0.2) is 0 Å². The number of hydrogen-bond acceptors (Lipinski definition) is 1. The van der Waals surface area contributed by atoms with Crippen LogP contribution >= 0.6 is 22.9 Å². The minimum atomic E-state index is 1.13. The van der Waals surface area contributed by atoms with Crippen LogP contribution in [0.3, 0.4) is 0 Å². The Morgan fingerprint density at radius 3 is 2.40 bits per heavy atom. The van der Waals surface area contributed by atoms with Crippen LogP contribution in [0.4, 0.5) is 0 Å². The third-order valence-electron chi connectivity index (χ3n) is 0.344. The van der Waals surface area contributed by atoms with Gasteiger partial charge in [-0.1, -0.05) is 6.92 Å². The first-order valence-electron chi connectivity index (χ1n) is 1.75. The van der Waals surface area contributed by atoms with Crippen molar-refractivity contribution in [3.8, 4) is 0 Å². The summed E-state index contributed by atoms with van der Waals surface area (Å²) in [4.78, 5) is 0. The van der Waals surface area contributed by atoms with Gasteiger partial charge in [0.1, 0.15) is 0 Å². The first-order valence-corrected chi connectivity index (χ1v) is 2.83. The maximum Gasteiger partial charge on any atom is 0.0169 e. The van der Waals surface area contributed by atoms with Crippen molar-refractivity contribution in [2.45, 2.75) is 13.3 Å². The van der Waals surface area contributed by atoms with Crippen LogP contribution in [-0.2, 0) is 0 Å². The second-order valence-corrected chi connectivity index (χ2v) is 1.65. The quantitative estimate of drug-likeness (QED) is 0.505. The van der Waals surface area contributed by atoms with Gasteiger partial charge in [0.25, 0.3) is 0 Å². The van der Waals surface area contributed by atoms with E-state index in [0.29, 0.717) is 0 Å². The zero-order valence-electron chi connectivity index (χ0n) is 3.29. The molecule has 0 aliphatic rings. The fraction of sp³-hybridized carbons (Fsp3) is 1.00. The molecule has 0 aliphatic carbocycles. The molecule has 0 amide bonds. The average Bonchev–Trinajstić information content (AvgIpc) is 1.41. The molecule has 0 saturated heterocycles. The molecule has 0 aromatic carbocycles. The highest BCUT2D eigenvalue weighted by atomic mass is 127. The fourth-order valence-corrected chi connectivity index (χ4v) is 0.634. The molecule has 0 aliphatic heterocycles. The monoisotopic (exact) mass is 185 g/mol. The molecule has 0 rings (SSSR count). The second kappa shape index (κ2) is 4.69. The molecule has 0 heterocycles. The molecule has 1 N–H and O–H groups in total. The smallest absolute Gasteiger partial charge is 0.0169 e. The van der Waals surface area contributed by atoms with E-state index in [-0.39, 0.29) is 0 Å². The van der Waals surface area contributed by atoms with Crippen molar-refractivity contribution in [1.29, 1.82) is 0 Å². The molecular formula is C3H8IN. The zero-order chi connectivity index (χ0) is 4.12. The van der Waals surface area contributed by atoms with Crippen LogP contribution in [-0.4, -0.2) is 6.54 Å². The van der Waals surface area contributed by atoms with Crippen molar-refractivity contribution in [1.82, 2.24) is 3.53 Å². The molecule has 0 saturated carbocycles. The molecule has 0 spiro atoms. The van der Waals surface area contributed by atoms with E-state index in [9.17, 15) is 0 Å². The first-order chi connectivity index (χ1) is 2.41. The average molecular weight is 185 g/mol. The van der Waals surface area contributed by atoms with Crippen molar-refractivity contribution in [2.75, 3.05) is 6.54 Å². The van der Waals surface area contributed by atoms with Crippen LogP contribution in [0.25, 0.3) is 0 Å². The molecule has 0 unspecified atom stereocenters. The largest absolute Gasteiger partial charge is 0.261 e. The zero-order valence-corrected chi connectivity index (χ0v) is 5.45. The van der Waals surface area contributed by atoms with Crippen LogP contribution in [0.15, 0.2) is 0 Å². The summed E-state index contributed by atoms with van der Waals surface area (Å²) in [6, 6.07) is 0. The van der Waals surface area contributed by atoms with Crippen LogP contribution in [0.2, 0.25) is 0 Å². The minimum Gasteiger partial charge on any atom is -0.261 e. The van der Waals surface area contributed by atoms with E-state index in [1.165, 1.54) is 6.42 Å². The lowest BCUT2D eigenvalue weighted by atomic mass is 10.5. The van der Waals surface area contributed by atoms with Crippen LogP contribution in [0.5, 0.6) is 0 Å². The Morgan fingerprint density at radius 2 is 2.40 bits per heavy atom. The molecule has 0 radical (unpaired) electrons. The van der Waals surface area contributed by atoms with Crippen molar-refractivity contribution in [3.63, 3.8) is 0 Å². The van der Waals surface area contributed by atoms with E-state index in [1.54, 1.807) is 0 Å². The molecule has 5 heavy (non-hydrogen) atoms. The molecular weight excluding hydrogens is 177 g/mol. The SMILES string of the molecule is CCCNI. The maximum atomic E-state index is 2.99. The van der Waals surface area contributed by atoms with Gasteiger partial charge in [-0.05, 0) is 6.42 Å². The predicted octanol–water partition coefficient (Wildman–Crippen LogP) is 1.34. The van der Waals surface area contributed by atoms with Crippen molar-refractivity contribution < 1.29 is 0 Å². The van der Waals surface area contributed by atoms with E-state index in [0.717, 1.165) is 6.54 Å². The summed E-state index contributed by atoms with van der Waals surface area (Å²) < 4.78 is 2.99. The summed E-state index contributed by atoms with van der Waals surface area (Å²) in [7, 11) is 0. The summed E-state index contributed by atoms with van der Waals surface area (Å²) in [6.07, 6.45) is 1.23. The van der Waals surface area contributed by atoms with Crippen molar-refractivity contribution in [2.24, 2.45) is 0 Å². The van der Waals surface area contributed by atoms with Gasteiger partial charge < -0.3 is 0 Å². The molecule has 1 nitrogen and oxygen atoms in total. The van der Waals surface area contributed by atoms with Crippen LogP contribution in [0.1, 0.15) is 13.3 Å². The molecule has 0 fully saturated rings. The molecule has 2 heteroatoms. The van der Waals surface area contributed by atoms with E-state index >= 15 is 0 Å². The first kappa shape index (κ1) is 5.69. The van der Waals surface area contributed by atoms with E-state index in [4.69, 9.17) is 0 Å². The van der Waals surface area contributed by atoms with Gasteiger partial charge in [-0.15, -0.1) is 0 Å². The Bertz CT molecular complexity index is 14.4. The van der Waals surface area contributed by atoms with E-state index in [2.05, 4.69) is 33.3 Å². The van der Waals surface area contributed by atoms with E-state index < -0.39 is 0 Å². The maximum absolute atomic E-state index is 2.99. The van der Waals surface area contributed by atoms with Gasteiger partial charge in [-0.3, -0.25) is 3.53 Å². The third-order valence-corrected chi connectivity index (χ3v) is 0.884. The predicted molar refractivity (Wildman–Crippen MR) is 32.3 cm³/mol. The van der Waals surface area contributed by atoms with Gasteiger partial charge >= 0.3 is 0 Å². The Balaban J connectivity index is 2.19. The lowest BCUT2D eigenvalue weighted by Gasteiger charge is -1.82. The lowest BCUT2D eigenvalue weighted by molar-refractivity contribution is 0.899. The Labute approximate surface area is 46.6 Å². The minimum absolute atomic E-state index is 1.13. The summed E-state index contributed by atoms with van der Waals surface area (Å²) in [5, 5.41) is 0. The fourth-order valence-electron chi connectivity index (χ4n) is 0.0945. The number of nitrogens with one attached hydrogen (secondary N) is 1.